The van der Waals surface area contributed by atoms with Gasteiger partial charge < -0.3 is 10.5 Å². The van der Waals surface area contributed by atoms with E-state index in [0.29, 0.717) is 6.10 Å². The largest absolute Gasteiger partial charge is 0.360 e. The van der Waals surface area contributed by atoms with Crippen molar-refractivity contribution in [2.75, 3.05) is 0 Å². The van der Waals surface area contributed by atoms with Gasteiger partial charge in [0.15, 0.2) is 0 Å². The first kappa shape index (κ1) is 16.2. The van der Waals surface area contributed by atoms with E-state index in [4.69, 9.17) is 10.5 Å². The number of nitrogens with two attached hydrogens (primary N) is 1. The molecule has 0 aliphatic heterocycles. The molecule has 1 fully saturated rings. The van der Waals surface area contributed by atoms with Gasteiger partial charge >= 0.3 is 0 Å². The molecule has 0 amide bonds. The Hall–Kier alpha value is -1.64. The van der Waals surface area contributed by atoms with Crippen molar-refractivity contribution in [1.82, 2.24) is 0 Å². The van der Waals surface area contributed by atoms with E-state index >= 15 is 0 Å². The molecule has 3 rings (SSSR count). The van der Waals surface area contributed by atoms with Crippen LogP contribution < -0.4 is 5.73 Å². The second-order valence-electron chi connectivity index (χ2n) is 6.54. The first-order valence-corrected chi connectivity index (χ1v) is 8.84. The quantitative estimate of drug-likeness (QED) is 0.775. The van der Waals surface area contributed by atoms with E-state index in [0.717, 1.165) is 19.3 Å². The molecule has 1 unspecified atom stereocenters. The average molecular weight is 309 g/mol. The summed E-state index contributed by atoms with van der Waals surface area (Å²) in [5.41, 5.74) is 8.97. The van der Waals surface area contributed by atoms with Gasteiger partial charge in [-0.1, -0.05) is 79.9 Å². The van der Waals surface area contributed by atoms with Crippen LogP contribution in [0, 0.1) is 0 Å². The van der Waals surface area contributed by atoms with Crippen LogP contribution in [0.4, 0.5) is 0 Å². The summed E-state index contributed by atoms with van der Waals surface area (Å²) in [5, 5.41) is 0. The maximum Gasteiger partial charge on any atom is 0.106 e. The van der Waals surface area contributed by atoms with Crippen LogP contribution in [-0.4, -0.2) is 12.3 Å². The molecule has 1 aliphatic rings. The zero-order valence-electron chi connectivity index (χ0n) is 13.7. The highest BCUT2D eigenvalue weighted by Gasteiger charge is 2.22. The Kier molecular flexibility index (Phi) is 5.84. The predicted molar refractivity (Wildman–Crippen MR) is 95.3 cm³/mol. The highest BCUT2D eigenvalue weighted by Crippen LogP contribution is 2.30. The maximum atomic E-state index is 6.36. The minimum atomic E-state index is -0.205. The monoisotopic (exact) mass is 309 g/mol. The Bertz CT molecular complexity index is 523. The number of benzene rings is 2. The highest BCUT2D eigenvalue weighted by molar-refractivity contribution is 5.32. The number of hydrogen-bond acceptors (Lipinski definition) is 2. The molecule has 122 valence electrons. The Balaban J connectivity index is 1.71. The summed E-state index contributed by atoms with van der Waals surface area (Å²) in [6, 6.07) is 21.2. The summed E-state index contributed by atoms with van der Waals surface area (Å²) in [4.78, 5) is 0. The number of rotatable bonds is 6. The van der Waals surface area contributed by atoms with Crippen molar-refractivity contribution >= 4 is 0 Å². The van der Waals surface area contributed by atoms with Gasteiger partial charge in [-0.05, 0) is 30.4 Å². The van der Waals surface area contributed by atoms with Crippen molar-refractivity contribution in [1.29, 1.82) is 0 Å². The fraction of sp³-hybridized carbons (Fsp3) is 0.429. The van der Waals surface area contributed by atoms with Gasteiger partial charge in [0.2, 0.25) is 0 Å². The van der Waals surface area contributed by atoms with Crippen molar-refractivity contribution in [3.8, 4) is 0 Å². The topological polar surface area (TPSA) is 35.2 Å². The molecular formula is C21H27NO. The molecular weight excluding hydrogens is 282 g/mol. The lowest BCUT2D eigenvalue weighted by molar-refractivity contribution is -0.0317. The number of hydrogen-bond donors (Lipinski definition) is 1. The molecule has 0 spiro atoms. The smallest absolute Gasteiger partial charge is 0.106 e. The van der Waals surface area contributed by atoms with Crippen LogP contribution in [0.1, 0.15) is 55.6 Å². The second kappa shape index (κ2) is 8.28. The standard InChI is InChI=1S/C21H27NO/c22-21(23-19-14-8-3-9-15-19)16-20(17-10-4-1-5-11-17)18-12-6-2-7-13-18/h1-2,4-7,10-13,19-21H,3,8-9,14-16,22H2. The molecule has 1 aliphatic carbocycles. The summed E-state index contributed by atoms with van der Waals surface area (Å²) in [7, 11) is 0. The van der Waals surface area contributed by atoms with E-state index in [9.17, 15) is 0 Å². The zero-order chi connectivity index (χ0) is 15.9. The molecule has 23 heavy (non-hydrogen) atoms. The molecule has 1 atom stereocenters. The highest BCUT2D eigenvalue weighted by atomic mass is 16.5. The molecule has 0 bridgehead atoms. The van der Waals surface area contributed by atoms with Crippen molar-refractivity contribution in [3.05, 3.63) is 71.8 Å². The van der Waals surface area contributed by atoms with Crippen LogP contribution in [0.5, 0.6) is 0 Å². The van der Waals surface area contributed by atoms with Crippen LogP contribution in [0.3, 0.4) is 0 Å². The summed E-state index contributed by atoms with van der Waals surface area (Å²) >= 11 is 0. The van der Waals surface area contributed by atoms with Gasteiger partial charge in [0.05, 0.1) is 6.10 Å². The van der Waals surface area contributed by atoms with E-state index < -0.39 is 0 Å². The summed E-state index contributed by atoms with van der Waals surface area (Å²) in [6.07, 6.45) is 7.19. The van der Waals surface area contributed by atoms with Crippen molar-refractivity contribution in [2.24, 2.45) is 5.73 Å². The molecule has 2 heteroatoms. The lowest BCUT2D eigenvalue weighted by atomic mass is 9.88. The average Bonchev–Trinajstić information content (AvgIpc) is 2.62. The Morgan fingerprint density at radius 3 is 1.87 bits per heavy atom. The first-order chi connectivity index (χ1) is 11.3. The maximum absolute atomic E-state index is 6.36. The van der Waals surface area contributed by atoms with Crippen LogP contribution in [0.25, 0.3) is 0 Å². The van der Waals surface area contributed by atoms with Gasteiger partial charge in [-0.25, -0.2) is 0 Å². The molecule has 0 radical (unpaired) electrons. The van der Waals surface area contributed by atoms with E-state index in [1.807, 2.05) is 0 Å². The molecule has 2 aromatic rings. The van der Waals surface area contributed by atoms with E-state index in [1.54, 1.807) is 0 Å². The van der Waals surface area contributed by atoms with Crippen molar-refractivity contribution in [2.45, 2.75) is 56.8 Å². The van der Waals surface area contributed by atoms with Crippen LogP contribution in [-0.2, 0) is 4.74 Å². The molecule has 0 saturated heterocycles. The SMILES string of the molecule is NC(CC(c1ccccc1)c1ccccc1)OC1CCCCC1. The number of ether oxygens (including phenoxy) is 1. The Morgan fingerprint density at radius 1 is 0.826 bits per heavy atom. The third-order valence-corrected chi connectivity index (χ3v) is 4.79. The van der Waals surface area contributed by atoms with Crippen LogP contribution in [0.2, 0.25) is 0 Å². The van der Waals surface area contributed by atoms with Gasteiger partial charge in [0.25, 0.3) is 0 Å². The Morgan fingerprint density at radius 2 is 1.35 bits per heavy atom. The second-order valence-corrected chi connectivity index (χ2v) is 6.54. The molecule has 2 N–H and O–H groups in total. The van der Waals surface area contributed by atoms with E-state index in [1.165, 1.54) is 30.4 Å². The summed E-state index contributed by atoms with van der Waals surface area (Å²) in [5.74, 6) is 0.288. The third-order valence-electron chi connectivity index (χ3n) is 4.79. The van der Waals surface area contributed by atoms with Gasteiger partial charge in [0, 0.05) is 5.92 Å². The normalized spacial score (nSPS) is 17.3. The Labute approximate surface area is 139 Å². The minimum absolute atomic E-state index is 0.205. The lowest BCUT2D eigenvalue weighted by Crippen LogP contribution is -2.32. The first-order valence-electron chi connectivity index (χ1n) is 8.84. The fourth-order valence-electron chi connectivity index (χ4n) is 3.57. The molecule has 2 nitrogen and oxygen atoms in total. The van der Waals surface area contributed by atoms with Gasteiger partial charge in [0.1, 0.15) is 6.23 Å². The summed E-state index contributed by atoms with van der Waals surface area (Å²) in [6.45, 7) is 0. The van der Waals surface area contributed by atoms with E-state index in [2.05, 4.69) is 60.7 Å². The predicted octanol–water partition coefficient (Wildman–Crippen LogP) is 4.84. The molecule has 0 aromatic heterocycles. The van der Waals surface area contributed by atoms with Gasteiger partial charge in [-0.15, -0.1) is 0 Å². The lowest BCUT2D eigenvalue weighted by Gasteiger charge is -2.28. The summed E-state index contributed by atoms with van der Waals surface area (Å²) < 4.78 is 6.14. The van der Waals surface area contributed by atoms with Crippen LogP contribution >= 0.6 is 0 Å². The molecule has 1 saturated carbocycles. The van der Waals surface area contributed by atoms with Gasteiger partial charge in [-0.2, -0.15) is 0 Å². The van der Waals surface area contributed by atoms with Crippen molar-refractivity contribution < 1.29 is 4.74 Å². The van der Waals surface area contributed by atoms with Crippen molar-refractivity contribution in [3.63, 3.8) is 0 Å². The van der Waals surface area contributed by atoms with Gasteiger partial charge in [-0.3, -0.25) is 0 Å². The third kappa shape index (κ3) is 4.66. The van der Waals surface area contributed by atoms with Crippen LogP contribution in [0.15, 0.2) is 60.7 Å². The molecule has 2 aromatic carbocycles. The zero-order valence-corrected chi connectivity index (χ0v) is 13.7. The van der Waals surface area contributed by atoms with E-state index in [-0.39, 0.29) is 12.1 Å². The molecule has 0 heterocycles. The fourth-order valence-corrected chi connectivity index (χ4v) is 3.57. The minimum Gasteiger partial charge on any atom is -0.360 e.